The first-order valence-corrected chi connectivity index (χ1v) is 4.39. The van der Waals surface area contributed by atoms with Gasteiger partial charge in [0.25, 0.3) is 0 Å². The molecule has 3 nitrogen and oxygen atoms in total. The molecule has 3 heteroatoms. The van der Waals surface area contributed by atoms with Crippen LogP contribution in [0.15, 0.2) is 24.4 Å². The summed E-state index contributed by atoms with van der Waals surface area (Å²) < 4.78 is 5.05. The van der Waals surface area contributed by atoms with Crippen LogP contribution in [0.25, 0.3) is 0 Å². The van der Waals surface area contributed by atoms with E-state index in [0.717, 1.165) is 12.1 Å². The fraction of sp³-hybridized carbons (Fsp3) is 0.400. The van der Waals surface area contributed by atoms with Gasteiger partial charge in [-0.05, 0) is 19.1 Å². The summed E-state index contributed by atoms with van der Waals surface area (Å²) in [6, 6.07) is 5.59. The SMILES string of the molecule is CC1CC(c2ccccn2)C(=O)O1. The van der Waals surface area contributed by atoms with E-state index in [0.29, 0.717) is 0 Å². The molecule has 1 aromatic rings. The molecule has 68 valence electrons. The zero-order valence-corrected chi connectivity index (χ0v) is 7.43. The molecular formula is C10H11NO2. The zero-order valence-electron chi connectivity index (χ0n) is 7.43. The maximum absolute atomic E-state index is 11.3. The monoisotopic (exact) mass is 177 g/mol. The molecule has 0 saturated carbocycles. The number of hydrogen-bond acceptors (Lipinski definition) is 3. The summed E-state index contributed by atoms with van der Waals surface area (Å²) in [6.07, 6.45) is 2.47. The third-order valence-corrected chi connectivity index (χ3v) is 2.21. The highest BCUT2D eigenvalue weighted by Gasteiger charge is 2.33. The normalized spacial score (nSPS) is 27.3. The van der Waals surface area contributed by atoms with E-state index in [1.807, 2.05) is 25.1 Å². The Balaban J connectivity index is 2.23. The molecule has 2 unspecified atom stereocenters. The quantitative estimate of drug-likeness (QED) is 0.610. The number of esters is 1. The highest BCUT2D eigenvalue weighted by Crippen LogP contribution is 2.28. The molecule has 1 aromatic heterocycles. The largest absolute Gasteiger partial charge is 0.462 e. The van der Waals surface area contributed by atoms with Gasteiger partial charge in [0.1, 0.15) is 12.0 Å². The number of cyclic esters (lactones) is 1. The van der Waals surface area contributed by atoms with Crippen molar-refractivity contribution in [2.75, 3.05) is 0 Å². The molecule has 2 atom stereocenters. The fourth-order valence-electron chi connectivity index (χ4n) is 1.58. The van der Waals surface area contributed by atoms with Crippen molar-refractivity contribution in [3.05, 3.63) is 30.1 Å². The molecule has 1 aliphatic heterocycles. The molecule has 0 radical (unpaired) electrons. The van der Waals surface area contributed by atoms with Crippen LogP contribution in [0.3, 0.4) is 0 Å². The van der Waals surface area contributed by atoms with Crippen LogP contribution in [-0.2, 0) is 9.53 Å². The van der Waals surface area contributed by atoms with Crippen molar-refractivity contribution >= 4 is 5.97 Å². The van der Waals surface area contributed by atoms with Crippen molar-refractivity contribution in [3.63, 3.8) is 0 Å². The lowest BCUT2D eigenvalue weighted by Crippen LogP contribution is -2.06. The lowest BCUT2D eigenvalue weighted by atomic mass is 10.0. The molecule has 0 N–H and O–H groups in total. The fourth-order valence-corrected chi connectivity index (χ4v) is 1.58. The van der Waals surface area contributed by atoms with E-state index in [9.17, 15) is 4.79 Å². The van der Waals surface area contributed by atoms with Crippen LogP contribution >= 0.6 is 0 Å². The number of pyridine rings is 1. The average molecular weight is 177 g/mol. The first-order valence-electron chi connectivity index (χ1n) is 4.39. The van der Waals surface area contributed by atoms with Gasteiger partial charge in [-0.2, -0.15) is 0 Å². The zero-order chi connectivity index (χ0) is 9.26. The lowest BCUT2D eigenvalue weighted by molar-refractivity contribution is -0.142. The number of carbonyl (C=O) groups is 1. The van der Waals surface area contributed by atoms with E-state index in [1.165, 1.54) is 0 Å². The standard InChI is InChI=1S/C10H11NO2/c1-7-6-8(10(12)13-7)9-4-2-3-5-11-9/h2-5,7-8H,6H2,1H3. The topological polar surface area (TPSA) is 39.2 Å². The maximum Gasteiger partial charge on any atom is 0.315 e. The summed E-state index contributed by atoms with van der Waals surface area (Å²) in [5, 5.41) is 0. The highest BCUT2D eigenvalue weighted by molar-refractivity contribution is 5.79. The van der Waals surface area contributed by atoms with Crippen molar-refractivity contribution in [2.45, 2.75) is 25.4 Å². The third kappa shape index (κ3) is 1.54. The van der Waals surface area contributed by atoms with E-state index in [1.54, 1.807) is 6.20 Å². The molecule has 1 aliphatic rings. The molecule has 0 aromatic carbocycles. The Morgan fingerprint density at radius 2 is 2.38 bits per heavy atom. The van der Waals surface area contributed by atoms with Crippen molar-refractivity contribution in [2.24, 2.45) is 0 Å². The van der Waals surface area contributed by atoms with Crippen LogP contribution in [0.5, 0.6) is 0 Å². The van der Waals surface area contributed by atoms with E-state index in [2.05, 4.69) is 4.98 Å². The van der Waals surface area contributed by atoms with Crippen LogP contribution in [0, 0.1) is 0 Å². The van der Waals surface area contributed by atoms with Crippen LogP contribution in [0.1, 0.15) is 25.0 Å². The van der Waals surface area contributed by atoms with E-state index >= 15 is 0 Å². The molecular weight excluding hydrogens is 166 g/mol. The van der Waals surface area contributed by atoms with Crippen LogP contribution in [-0.4, -0.2) is 17.1 Å². The third-order valence-electron chi connectivity index (χ3n) is 2.21. The minimum absolute atomic E-state index is 0.0273. The first-order chi connectivity index (χ1) is 6.27. The maximum atomic E-state index is 11.3. The second kappa shape index (κ2) is 3.17. The second-order valence-electron chi connectivity index (χ2n) is 3.29. The Morgan fingerprint density at radius 1 is 1.54 bits per heavy atom. The Bertz CT molecular complexity index is 310. The summed E-state index contributed by atoms with van der Waals surface area (Å²) >= 11 is 0. The summed E-state index contributed by atoms with van der Waals surface area (Å²) in [5.74, 6) is -0.303. The van der Waals surface area contributed by atoms with E-state index < -0.39 is 0 Å². The van der Waals surface area contributed by atoms with Crippen molar-refractivity contribution in [1.29, 1.82) is 0 Å². The van der Waals surface area contributed by atoms with Gasteiger partial charge in [-0.15, -0.1) is 0 Å². The highest BCUT2D eigenvalue weighted by atomic mass is 16.5. The van der Waals surface area contributed by atoms with Gasteiger partial charge in [0, 0.05) is 12.6 Å². The minimum atomic E-state index is -0.156. The number of ether oxygens (including phenoxy) is 1. The summed E-state index contributed by atoms with van der Waals surface area (Å²) in [5.41, 5.74) is 0.817. The predicted molar refractivity (Wildman–Crippen MR) is 47.1 cm³/mol. The Labute approximate surface area is 76.7 Å². The van der Waals surface area contributed by atoms with E-state index in [-0.39, 0.29) is 18.0 Å². The average Bonchev–Trinajstić information content (AvgIpc) is 2.47. The van der Waals surface area contributed by atoms with E-state index in [4.69, 9.17) is 4.74 Å². The Hall–Kier alpha value is -1.38. The van der Waals surface area contributed by atoms with Gasteiger partial charge < -0.3 is 4.74 Å². The molecule has 13 heavy (non-hydrogen) atoms. The second-order valence-corrected chi connectivity index (χ2v) is 3.29. The molecule has 2 heterocycles. The van der Waals surface area contributed by atoms with Crippen molar-refractivity contribution in [3.8, 4) is 0 Å². The van der Waals surface area contributed by atoms with Gasteiger partial charge >= 0.3 is 5.97 Å². The number of nitrogens with zero attached hydrogens (tertiary/aromatic N) is 1. The molecule has 0 bridgehead atoms. The number of carbonyl (C=O) groups excluding carboxylic acids is 1. The molecule has 0 aliphatic carbocycles. The van der Waals surface area contributed by atoms with Gasteiger partial charge in [-0.3, -0.25) is 9.78 Å². The van der Waals surface area contributed by atoms with Crippen LogP contribution in [0.4, 0.5) is 0 Å². The molecule has 2 rings (SSSR count). The molecule has 0 spiro atoms. The Morgan fingerprint density at radius 3 is 2.92 bits per heavy atom. The smallest absolute Gasteiger partial charge is 0.315 e. The predicted octanol–water partition coefficient (Wildman–Crippen LogP) is 1.50. The lowest BCUT2D eigenvalue weighted by Gasteiger charge is -2.02. The molecule has 1 fully saturated rings. The van der Waals surface area contributed by atoms with Crippen LogP contribution < -0.4 is 0 Å². The number of aromatic nitrogens is 1. The van der Waals surface area contributed by atoms with Crippen molar-refractivity contribution in [1.82, 2.24) is 4.98 Å². The van der Waals surface area contributed by atoms with Crippen LogP contribution in [0.2, 0.25) is 0 Å². The van der Waals surface area contributed by atoms with Gasteiger partial charge in [-0.25, -0.2) is 0 Å². The minimum Gasteiger partial charge on any atom is -0.462 e. The number of rotatable bonds is 1. The van der Waals surface area contributed by atoms with Gasteiger partial charge in [0.05, 0.1) is 5.69 Å². The van der Waals surface area contributed by atoms with Gasteiger partial charge in [0.15, 0.2) is 0 Å². The van der Waals surface area contributed by atoms with Gasteiger partial charge in [-0.1, -0.05) is 6.07 Å². The van der Waals surface area contributed by atoms with Gasteiger partial charge in [0.2, 0.25) is 0 Å². The molecule has 0 amide bonds. The summed E-state index contributed by atoms with van der Waals surface area (Å²) in [6.45, 7) is 1.90. The first kappa shape index (κ1) is 8.23. The number of hydrogen-bond donors (Lipinski definition) is 0. The summed E-state index contributed by atoms with van der Waals surface area (Å²) in [7, 11) is 0. The Kier molecular flexibility index (Phi) is 2.00. The summed E-state index contributed by atoms with van der Waals surface area (Å²) in [4.78, 5) is 15.5. The van der Waals surface area contributed by atoms with Crippen molar-refractivity contribution < 1.29 is 9.53 Å². The molecule has 1 saturated heterocycles.